The minimum atomic E-state index is -0.518. The zero-order valence-electron chi connectivity index (χ0n) is 12.4. The van der Waals surface area contributed by atoms with Crippen molar-refractivity contribution in [1.29, 1.82) is 0 Å². The average molecular weight is 358 g/mol. The summed E-state index contributed by atoms with van der Waals surface area (Å²) in [6.45, 7) is 4.58. The molecule has 7 heteroatoms. The van der Waals surface area contributed by atoms with Gasteiger partial charge in [-0.2, -0.15) is 0 Å². The van der Waals surface area contributed by atoms with E-state index in [-0.39, 0.29) is 23.2 Å². The number of hydrogen-bond donors (Lipinski definition) is 1. The highest BCUT2D eigenvalue weighted by Crippen LogP contribution is 2.22. The minimum absolute atomic E-state index is 0.0251. The molecule has 0 saturated carbocycles. The molecule has 0 aliphatic carbocycles. The molecule has 0 bridgehead atoms. The Labute approximate surface area is 132 Å². The van der Waals surface area contributed by atoms with Gasteiger partial charge in [0.1, 0.15) is 0 Å². The van der Waals surface area contributed by atoms with E-state index in [4.69, 9.17) is 5.73 Å². The number of hydrogen-bond acceptors (Lipinski definition) is 4. The van der Waals surface area contributed by atoms with Crippen LogP contribution in [0.15, 0.2) is 22.7 Å². The van der Waals surface area contributed by atoms with Crippen LogP contribution in [0.25, 0.3) is 0 Å². The lowest BCUT2D eigenvalue weighted by Gasteiger charge is -2.21. The minimum Gasteiger partial charge on any atom is -0.342 e. The molecule has 1 aromatic rings. The molecule has 6 nitrogen and oxygen atoms in total. The number of nitrogens with two attached hydrogens (primary N) is 1. The molecule has 21 heavy (non-hydrogen) atoms. The third-order valence-electron chi connectivity index (χ3n) is 3.34. The smallest absolute Gasteiger partial charge is 0.271 e. The number of rotatable bonds is 6. The van der Waals surface area contributed by atoms with E-state index >= 15 is 0 Å². The molecule has 0 aromatic heterocycles. The Morgan fingerprint density at radius 3 is 2.57 bits per heavy atom. The topological polar surface area (TPSA) is 89.5 Å². The fraction of sp³-hybridized carbons (Fsp3) is 0.500. The highest BCUT2D eigenvalue weighted by atomic mass is 79.9. The first-order chi connectivity index (χ1) is 9.72. The number of nitro benzene ring substituents is 1. The summed E-state index contributed by atoms with van der Waals surface area (Å²) < 4.78 is 0.507. The summed E-state index contributed by atoms with van der Waals surface area (Å²) >= 11 is 3.18. The molecule has 0 aliphatic heterocycles. The lowest BCUT2D eigenvalue weighted by Crippen LogP contribution is -2.34. The van der Waals surface area contributed by atoms with Crippen molar-refractivity contribution in [2.45, 2.75) is 26.3 Å². The van der Waals surface area contributed by atoms with E-state index in [0.717, 1.165) is 0 Å². The van der Waals surface area contributed by atoms with Crippen LogP contribution in [0.5, 0.6) is 0 Å². The Morgan fingerprint density at radius 1 is 1.43 bits per heavy atom. The molecule has 1 amide bonds. The van der Waals surface area contributed by atoms with Gasteiger partial charge in [0.25, 0.3) is 11.6 Å². The van der Waals surface area contributed by atoms with Crippen LogP contribution in [0.4, 0.5) is 5.69 Å². The largest absolute Gasteiger partial charge is 0.342 e. The maximum atomic E-state index is 12.3. The molecule has 0 aliphatic rings. The average Bonchev–Trinajstić information content (AvgIpc) is 2.42. The Bertz CT molecular complexity index is 534. The van der Waals surface area contributed by atoms with Crippen LogP contribution < -0.4 is 5.73 Å². The molecule has 0 spiro atoms. The molecule has 1 aromatic carbocycles. The van der Waals surface area contributed by atoms with Gasteiger partial charge in [0, 0.05) is 41.8 Å². The molecule has 116 valence electrons. The zero-order valence-corrected chi connectivity index (χ0v) is 14.0. The Hall–Kier alpha value is -1.47. The van der Waals surface area contributed by atoms with Crippen molar-refractivity contribution in [3.63, 3.8) is 0 Å². The van der Waals surface area contributed by atoms with Crippen LogP contribution in [-0.2, 0) is 0 Å². The van der Waals surface area contributed by atoms with Gasteiger partial charge in [-0.15, -0.1) is 0 Å². The number of nitro groups is 1. The lowest BCUT2D eigenvalue weighted by atomic mass is 10.0. The molecule has 0 heterocycles. The van der Waals surface area contributed by atoms with Crippen molar-refractivity contribution in [3.05, 3.63) is 38.3 Å². The first kappa shape index (κ1) is 17.6. The van der Waals surface area contributed by atoms with Crippen LogP contribution >= 0.6 is 15.9 Å². The van der Waals surface area contributed by atoms with Gasteiger partial charge < -0.3 is 10.6 Å². The third-order valence-corrected chi connectivity index (χ3v) is 3.80. The highest BCUT2D eigenvalue weighted by molar-refractivity contribution is 9.10. The van der Waals surface area contributed by atoms with E-state index in [1.807, 2.05) is 13.8 Å². The number of non-ortho nitro benzene ring substituents is 1. The van der Waals surface area contributed by atoms with E-state index in [9.17, 15) is 14.9 Å². The fourth-order valence-electron chi connectivity index (χ4n) is 1.80. The molecule has 2 N–H and O–H groups in total. The van der Waals surface area contributed by atoms with Crippen molar-refractivity contribution >= 4 is 27.5 Å². The van der Waals surface area contributed by atoms with Crippen LogP contribution in [0.2, 0.25) is 0 Å². The zero-order chi connectivity index (χ0) is 16.2. The predicted molar refractivity (Wildman–Crippen MR) is 85.2 cm³/mol. The normalized spacial score (nSPS) is 12.3. The van der Waals surface area contributed by atoms with Crippen LogP contribution in [-0.4, -0.2) is 35.4 Å². The highest BCUT2D eigenvalue weighted by Gasteiger charge is 2.18. The maximum Gasteiger partial charge on any atom is 0.271 e. The van der Waals surface area contributed by atoms with Crippen LogP contribution in [0.3, 0.4) is 0 Å². The summed E-state index contributed by atoms with van der Waals surface area (Å²) in [5.41, 5.74) is 6.13. The van der Waals surface area contributed by atoms with Gasteiger partial charge in [0.2, 0.25) is 0 Å². The van der Waals surface area contributed by atoms with Crippen LogP contribution in [0, 0.1) is 16.0 Å². The summed E-state index contributed by atoms with van der Waals surface area (Å²) in [6.07, 6.45) is 0.690. The monoisotopic (exact) mass is 357 g/mol. The number of nitrogens with zero attached hydrogens (tertiary/aromatic N) is 2. The van der Waals surface area contributed by atoms with Crippen LogP contribution in [0.1, 0.15) is 30.6 Å². The van der Waals surface area contributed by atoms with E-state index in [2.05, 4.69) is 15.9 Å². The number of amides is 1. The SMILES string of the molecule is CC(C)C(N)CCN(C)C(=O)c1cc(Br)cc([N+](=O)[O-])c1. The summed E-state index contributed by atoms with van der Waals surface area (Å²) in [6, 6.07) is 4.25. The van der Waals surface area contributed by atoms with Crippen molar-refractivity contribution in [1.82, 2.24) is 4.90 Å². The van der Waals surface area contributed by atoms with E-state index < -0.39 is 4.92 Å². The Morgan fingerprint density at radius 2 is 2.05 bits per heavy atom. The Balaban J connectivity index is 2.81. The second-order valence-electron chi connectivity index (χ2n) is 5.38. The van der Waals surface area contributed by atoms with Crippen molar-refractivity contribution < 1.29 is 9.72 Å². The van der Waals surface area contributed by atoms with Crippen molar-refractivity contribution in [2.24, 2.45) is 11.7 Å². The van der Waals surface area contributed by atoms with E-state index in [1.165, 1.54) is 17.0 Å². The second-order valence-corrected chi connectivity index (χ2v) is 6.29. The quantitative estimate of drug-likeness (QED) is 0.625. The standard InChI is InChI=1S/C14H20BrN3O3/c1-9(2)13(16)4-5-17(3)14(19)10-6-11(15)8-12(7-10)18(20)21/h6-9,13H,4-5,16H2,1-3H3. The number of benzene rings is 1. The molecular formula is C14H20BrN3O3. The molecule has 0 fully saturated rings. The maximum absolute atomic E-state index is 12.3. The van der Waals surface area contributed by atoms with Gasteiger partial charge >= 0.3 is 0 Å². The molecule has 0 saturated heterocycles. The van der Waals surface area contributed by atoms with Crippen molar-refractivity contribution in [3.8, 4) is 0 Å². The number of carbonyl (C=O) groups is 1. The molecule has 1 unspecified atom stereocenters. The van der Waals surface area contributed by atoms with E-state index in [1.54, 1.807) is 13.1 Å². The Kier molecular flexibility index (Phi) is 6.29. The summed E-state index contributed by atoms with van der Waals surface area (Å²) in [5, 5.41) is 10.8. The van der Waals surface area contributed by atoms with Gasteiger partial charge in [-0.1, -0.05) is 29.8 Å². The number of halogens is 1. The van der Waals surface area contributed by atoms with Gasteiger partial charge in [0.15, 0.2) is 0 Å². The van der Waals surface area contributed by atoms with Gasteiger partial charge in [-0.05, 0) is 18.4 Å². The first-order valence-corrected chi connectivity index (χ1v) is 7.47. The predicted octanol–water partition coefficient (Wildman–Crippen LogP) is 2.80. The second kappa shape index (κ2) is 7.51. The molecule has 0 radical (unpaired) electrons. The van der Waals surface area contributed by atoms with Crippen molar-refractivity contribution in [2.75, 3.05) is 13.6 Å². The fourth-order valence-corrected chi connectivity index (χ4v) is 2.28. The lowest BCUT2D eigenvalue weighted by molar-refractivity contribution is -0.385. The van der Waals surface area contributed by atoms with Gasteiger partial charge in [0.05, 0.1) is 4.92 Å². The summed E-state index contributed by atoms with van der Waals surface area (Å²) in [4.78, 5) is 24.1. The van der Waals surface area contributed by atoms with E-state index in [0.29, 0.717) is 23.4 Å². The summed E-state index contributed by atoms with van der Waals surface area (Å²) in [7, 11) is 1.67. The molecular weight excluding hydrogens is 338 g/mol. The van der Waals surface area contributed by atoms with Gasteiger partial charge in [-0.25, -0.2) is 0 Å². The van der Waals surface area contributed by atoms with Gasteiger partial charge in [-0.3, -0.25) is 14.9 Å². The molecule has 1 rings (SSSR count). The number of carbonyl (C=O) groups excluding carboxylic acids is 1. The third kappa shape index (κ3) is 5.09. The molecule has 1 atom stereocenters. The summed E-state index contributed by atoms with van der Waals surface area (Å²) in [5.74, 6) is 0.0933. The first-order valence-electron chi connectivity index (χ1n) is 6.68.